The lowest BCUT2D eigenvalue weighted by atomic mass is 10.0. The van der Waals surface area contributed by atoms with Crippen LogP contribution in [0.25, 0.3) is 0 Å². The van der Waals surface area contributed by atoms with Crippen LogP contribution in [0.15, 0.2) is 54.6 Å². The monoisotopic (exact) mass is 325 g/mol. The Morgan fingerprint density at radius 2 is 1.71 bits per heavy atom. The second kappa shape index (κ2) is 7.73. The molecule has 1 saturated heterocycles. The van der Waals surface area contributed by atoms with Gasteiger partial charge in [0.25, 0.3) is 0 Å². The van der Waals surface area contributed by atoms with Gasteiger partial charge in [0.15, 0.2) is 0 Å². The van der Waals surface area contributed by atoms with Gasteiger partial charge in [0.2, 0.25) is 0 Å². The van der Waals surface area contributed by atoms with Crippen LogP contribution in [-0.4, -0.2) is 32.3 Å². The molecule has 1 aliphatic heterocycles. The van der Waals surface area contributed by atoms with Gasteiger partial charge in [-0.15, -0.1) is 0 Å². The van der Waals surface area contributed by atoms with Crippen LogP contribution in [0.4, 0.5) is 16.2 Å². The summed E-state index contributed by atoms with van der Waals surface area (Å²) in [6.45, 7) is 1.87. The van der Waals surface area contributed by atoms with E-state index in [-0.39, 0.29) is 12.1 Å². The molecule has 1 aliphatic rings. The van der Waals surface area contributed by atoms with Gasteiger partial charge in [-0.3, -0.25) is 0 Å². The number of anilines is 2. The molecule has 2 aromatic rings. The number of nitrogens with zero attached hydrogens (tertiary/aromatic N) is 1. The van der Waals surface area contributed by atoms with Crippen molar-refractivity contribution in [2.24, 2.45) is 0 Å². The van der Waals surface area contributed by atoms with Crippen molar-refractivity contribution < 1.29 is 9.53 Å². The van der Waals surface area contributed by atoms with Crippen LogP contribution in [0.1, 0.15) is 12.8 Å². The zero-order valence-corrected chi connectivity index (χ0v) is 13.9. The lowest BCUT2D eigenvalue weighted by molar-refractivity contribution is 0.246. The molecule has 0 saturated carbocycles. The Morgan fingerprint density at radius 3 is 2.33 bits per heavy atom. The van der Waals surface area contributed by atoms with Crippen LogP contribution in [0, 0.1) is 0 Å². The predicted molar refractivity (Wildman–Crippen MR) is 96.8 cm³/mol. The van der Waals surface area contributed by atoms with Crippen molar-refractivity contribution in [3.8, 4) is 5.75 Å². The average Bonchev–Trinajstić information content (AvgIpc) is 2.63. The number of nitrogens with one attached hydrogen (secondary N) is 2. The van der Waals surface area contributed by atoms with Crippen molar-refractivity contribution in [1.82, 2.24) is 5.32 Å². The van der Waals surface area contributed by atoms with E-state index in [0.29, 0.717) is 0 Å². The molecule has 0 bridgehead atoms. The summed E-state index contributed by atoms with van der Waals surface area (Å²) in [6.07, 6.45) is 1.88. The summed E-state index contributed by atoms with van der Waals surface area (Å²) in [6, 6.07) is 17.7. The first-order valence-corrected chi connectivity index (χ1v) is 8.26. The summed E-state index contributed by atoms with van der Waals surface area (Å²) in [5.74, 6) is 0.868. The van der Waals surface area contributed by atoms with Gasteiger partial charge in [-0.05, 0) is 49.2 Å². The topological polar surface area (TPSA) is 53.6 Å². The third-order valence-electron chi connectivity index (χ3n) is 4.30. The molecule has 0 spiro atoms. The maximum Gasteiger partial charge on any atom is 0.319 e. The Bertz CT molecular complexity index is 650. The molecule has 0 aromatic heterocycles. The minimum absolute atomic E-state index is 0.135. The lowest BCUT2D eigenvalue weighted by Gasteiger charge is -2.34. The number of hydrogen-bond acceptors (Lipinski definition) is 3. The highest BCUT2D eigenvalue weighted by molar-refractivity contribution is 5.89. The summed E-state index contributed by atoms with van der Waals surface area (Å²) in [4.78, 5) is 14.4. The van der Waals surface area contributed by atoms with Crippen LogP contribution in [-0.2, 0) is 0 Å². The first-order valence-electron chi connectivity index (χ1n) is 8.26. The number of para-hydroxylation sites is 1. The zero-order chi connectivity index (χ0) is 16.8. The molecule has 3 rings (SSSR count). The number of methoxy groups -OCH3 is 1. The number of hydrogen-bond donors (Lipinski definition) is 2. The molecule has 126 valence electrons. The molecule has 24 heavy (non-hydrogen) atoms. The summed E-state index contributed by atoms with van der Waals surface area (Å²) in [5.41, 5.74) is 2.01. The Hall–Kier alpha value is -2.69. The van der Waals surface area contributed by atoms with Crippen molar-refractivity contribution in [1.29, 1.82) is 0 Å². The summed E-state index contributed by atoms with van der Waals surface area (Å²) in [5, 5.41) is 5.93. The minimum Gasteiger partial charge on any atom is -0.497 e. The first kappa shape index (κ1) is 16.2. The van der Waals surface area contributed by atoms with Crippen molar-refractivity contribution in [2.75, 3.05) is 30.4 Å². The van der Waals surface area contributed by atoms with Crippen molar-refractivity contribution in [3.05, 3.63) is 54.6 Å². The van der Waals surface area contributed by atoms with E-state index in [2.05, 4.69) is 27.7 Å². The van der Waals surface area contributed by atoms with Gasteiger partial charge in [0.1, 0.15) is 5.75 Å². The first-order chi connectivity index (χ1) is 11.7. The van der Waals surface area contributed by atoms with E-state index < -0.39 is 0 Å². The highest BCUT2D eigenvalue weighted by Crippen LogP contribution is 2.22. The third kappa shape index (κ3) is 4.19. The van der Waals surface area contributed by atoms with Crippen molar-refractivity contribution >= 4 is 17.4 Å². The van der Waals surface area contributed by atoms with E-state index in [1.807, 2.05) is 42.5 Å². The Kier molecular flexibility index (Phi) is 5.21. The Balaban J connectivity index is 1.47. The van der Waals surface area contributed by atoms with Gasteiger partial charge in [-0.1, -0.05) is 18.2 Å². The van der Waals surface area contributed by atoms with E-state index >= 15 is 0 Å². The molecule has 2 amide bonds. The van der Waals surface area contributed by atoms with Gasteiger partial charge < -0.3 is 20.3 Å². The number of ether oxygens (including phenoxy) is 1. The van der Waals surface area contributed by atoms with E-state index in [0.717, 1.165) is 37.4 Å². The molecule has 1 heterocycles. The molecular weight excluding hydrogens is 302 g/mol. The highest BCUT2D eigenvalue weighted by Gasteiger charge is 2.20. The summed E-state index contributed by atoms with van der Waals surface area (Å²) < 4.78 is 5.19. The van der Waals surface area contributed by atoms with Crippen molar-refractivity contribution in [2.45, 2.75) is 18.9 Å². The van der Waals surface area contributed by atoms with Crippen molar-refractivity contribution in [3.63, 3.8) is 0 Å². The normalized spacial score (nSPS) is 15.0. The second-order valence-corrected chi connectivity index (χ2v) is 5.92. The molecule has 1 fully saturated rings. The summed E-state index contributed by atoms with van der Waals surface area (Å²) in [7, 11) is 1.67. The third-order valence-corrected chi connectivity index (χ3v) is 4.30. The zero-order valence-electron chi connectivity index (χ0n) is 13.9. The fraction of sp³-hybridized carbons (Fsp3) is 0.316. The van der Waals surface area contributed by atoms with Crippen LogP contribution in [0.5, 0.6) is 5.75 Å². The van der Waals surface area contributed by atoms with E-state index in [4.69, 9.17) is 4.74 Å². The molecule has 5 heteroatoms. The quantitative estimate of drug-likeness (QED) is 0.905. The Morgan fingerprint density at radius 1 is 1.04 bits per heavy atom. The smallest absolute Gasteiger partial charge is 0.319 e. The number of carbonyl (C=O) groups is 1. The van der Waals surface area contributed by atoms with E-state index in [1.165, 1.54) is 5.69 Å². The number of urea groups is 1. The second-order valence-electron chi connectivity index (χ2n) is 5.92. The number of carbonyl (C=O) groups excluding carboxylic acids is 1. The number of rotatable bonds is 4. The molecule has 0 radical (unpaired) electrons. The van der Waals surface area contributed by atoms with Crippen LogP contribution < -0.4 is 20.3 Å². The van der Waals surface area contributed by atoms with Gasteiger partial charge in [0.05, 0.1) is 7.11 Å². The number of benzene rings is 2. The predicted octanol–water partition coefficient (Wildman–Crippen LogP) is 3.49. The number of piperidine rings is 1. The SMILES string of the molecule is COc1ccc(N2CCC(NC(=O)Nc3ccccc3)CC2)cc1. The highest BCUT2D eigenvalue weighted by atomic mass is 16.5. The lowest BCUT2D eigenvalue weighted by Crippen LogP contribution is -2.46. The molecule has 5 nitrogen and oxygen atoms in total. The van der Waals surface area contributed by atoms with E-state index in [1.54, 1.807) is 7.11 Å². The minimum atomic E-state index is -0.135. The molecule has 2 N–H and O–H groups in total. The standard InChI is InChI=1S/C19H23N3O2/c1-24-18-9-7-17(8-10-18)22-13-11-16(12-14-22)21-19(23)20-15-5-3-2-4-6-15/h2-10,16H,11-14H2,1H3,(H2,20,21,23). The van der Waals surface area contributed by atoms with Crippen LogP contribution in [0.3, 0.4) is 0 Å². The fourth-order valence-corrected chi connectivity index (χ4v) is 2.95. The molecule has 0 aliphatic carbocycles. The largest absolute Gasteiger partial charge is 0.497 e. The van der Waals surface area contributed by atoms with Gasteiger partial charge in [-0.25, -0.2) is 4.79 Å². The number of amides is 2. The van der Waals surface area contributed by atoms with Crippen LogP contribution in [0.2, 0.25) is 0 Å². The van der Waals surface area contributed by atoms with E-state index in [9.17, 15) is 4.79 Å². The van der Waals surface area contributed by atoms with Gasteiger partial charge >= 0.3 is 6.03 Å². The maximum atomic E-state index is 12.1. The van der Waals surface area contributed by atoms with Gasteiger partial charge in [-0.2, -0.15) is 0 Å². The molecule has 0 unspecified atom stereocenters. The van der Waals surface area contributed by atoms with Gasteiger partial charge in [0, 0.05) is 30.5 Å². The average molecular weight is 325 g/mol. The Labute approximate surface area is 142 Å². The fourth-order valence-electron chi connectivity index (χ4n) is 2.95. The van der Waals surface area contributed by atoms with Crippen LogP contribution >= 0.6 is 0 Å². The molecular formula is C19H23N3O2. The molecule has 2 aromatic carbocycles. The molecule has 0 atom stereocenters. The maximum absolute atomic E-state index is 12.1. The summed E-state index contributed by atoms with van der Waals surface area (Å²) >= 11 is 0.